The highest BCUT2D eigenvalue weighted by molar-refractivity contribution is 6.74. The molecule has 1 fully saturated rings. The maximum absolute atomic E-state index is 6.16. The molecule has 2 atom stereocenters. The van der Waals surface area contributed by atoms with Gasteiger partial charge in [-0.25, -0.2) is 0 Å². The Bertz CT molecular complexity index is 157. The van der Waals surface area contributed by atoms with E-state index in [0.717, 1.165) is 24.2 Å². The Labute approximate surface area is 89.6 Å². The maximum Gasteiger partial charge on any atom is 0.274 e. The molecule has 0 aromatic heterocycles. The van der Waals surface area contributed by atoms with Crippen molar-refractivity contribution in [1.82, 2.24) is 4.98 Å². The Morgan fingerprint density at radius 1 is 1.21 bits per heavy atom. The number of hydrogen-bond acceptors (Lipinski definition) is 2. The summed E-state index contributed by atoms with van der Waals surface area (Å²) in [5, 5.41) is 0. The zero-order chi connectivity index (χ0) is 10.6. The Balaban J connectivity index is 2.77. The average molecular weight is 215 g/mol. The Morgan fingerprint density at radius 3 is 2.21 bits per heavy atom. The van der Waals surface area contributed by atoms with Crippen molar-refractivity contribution >= 4 is 8.48 Å². The minimum absolute atomic E-state index is 0.770. The fraction of sp³-hybridized carbons (Fsp3) is 1.00. The summed E-state index contributed by atoms with van der Waals surface area (Å²) >= 11 is 0. The van der Waals surface area contributed by atoms with Gasteiger partial charge in [-0.15, -0.1) is 0 Å². The van der Waals surface area contributed by atoms with Crippen LogP contribution in [0.3, 0.4) is 0 Å². The van der Waals surface area contributed by atoms with Gasteiger partial charge in [0.05, 0.1) is 0 Å². The molecule has 1 aliphatic rings. The summed E-state index contributed by atoms with van der Waals surface area (Å²) in [5.74, 6) is 0. The molecule has 0 saturated carbocycles. The standard InChI is InChI=1S/C11H25NOSi/c1-5-12-14(13-6-2)10(3)8-7-9-11(14)4/h10-12H,5-9H2,1-4H3. The molecule has 1 heterocycles. The van der Waals surface area contributed by atoms with Gasteiger partial charge in [-0.05, 0) is 37.4 Å². The van der Waals surface area contributed by atoms with Crippen molar-refractivity contribution in [2.75, 3.05) is 13.2 Å². The first-order valence-electron chi connectivity index (χ1n) is 6.06. The van der Waals surface area contributed by atoms with E-state index in [1.54, 1.807) is 0 Å². The highest BCUT2D eigenvalue weighted by Gasteiger charge is 2.47. The normalized spacial score (nSPS) is 38.6. The molecule has 0 amide bonds. The maximum atomic E-state index is 6.16. The van der Waals surface area contributed by atoms with Crippen LogP contribution in [-0.4, -0.2) is 21.6 Å². The highest BCUT2D eigenvalue weighted by Crippen LogP contribution is 2.42. The smallest absolute Gasteiger partial charge is 0.274 e. The SMILES string of the molecule is CCN[Si]1(OCC)C(C)CCCC1C. The zero-order valence-electron chi connectivity index (χ0n) is 10.1. The zero-order valence-corrected chi connectivity index (χ0v) is 11.1. The van der Waals surface area contributed by atoms with Crippen LogP contribution in [0.5, 0.6) is 0 Å². The second-order valence-electron chi connectivity index (χ2n) is 4.49. The van der Waals surface area contributed by atoms with E-state index in [1.807, 2.05) is 0 Å². The van der Waals surface area contributed by atoms with E-state index in [0.29, 0.717) is 0 Å². The third kappa shape index (κ3) is 2.20. The topological polar surface area (TPSA) is 21.3 Å². The largest absolute Gasteiger partial charge is 0.403 e. The summed E-state index contributed by atoms with van der Waals surface area (Å²) in [6, 6.07) is 0. The summed E-state index contributed by atoms with van der Waals surface area (Å²) in [4.78, 5) is 3.72. The molecule has 1 rings (SSSR count). The number of rotatable bonds is 4. The molecular weight excluding hydrogens is 190 g/mol. The van der Waals surface area contributed by atoms with Crippen LogP contribution < -0.4 is 4.98 Å². The first-order chi connectivity index (χ1) is 6.67. The molecule has 1 aliphatic heterocycles. The van der Waals surface area contributed by atoms with Crippen molar-refractivity contribution < 1.29 is 4.43 Å². The van der Waals surface area contributed by atoms with Gasteiger partial charge in [-0.3, -0.25) is 0 Å². The second-order valence-corrected chi connectivity index (χ2v) is 8.69. The second kappa shape index (κ2) is 5.28. The quantitative estimate of drug-likeness (QED) is 0.728. The van der Waals surface area contributed by atoms with Gasteiger partial charge in [0.1, 0.15) is 0 Å². The molecule has 0 aliphatic carbocycles. The lowest BCUT2D eigenvalue weighted by molar-refractivity contribution is 0.274. The van der Waals surface area contributed by atoms with E-state index in [9.17, 15) is 0 Å². The van der Waals surface area contributed by atoms with Crippen LogP contribution >= 0.6 is 0 Å². The lowest BCUT2D eigenvalue weighted by Crippen LogP contribution is -2.60. The lowest BCUT2D eigenvalue weighted by atomic mass is 10.1. The highest BCUT2D eigenvalue weighted by atomic mass is 28.4. The van der Waals surface area contributed by atoms with Crippen molar-refractivity contribution in [2.24, 2.45) is 0 Å². The summed E-state index contributed by atoms with van der Waals surface area (Å²) in [7, 11) is -1.64. The Hall–Kier alpha value is 0.137. The average Bonchev–Trinajstić information content (AvgIpc) is 2.15. The van der Waals surface area contributed by atoms with Crippen molar-refractivity contribution in [3.05, 3.63) is 0 Å². The molecule has 2 unspecified atom stereocenters. The number of hydrogen-bond donors (Lipinski definition) is 1. The van der Waals surface area contributed by atoms with Crippen LogP contribution in [-0.2, 0) is 4.43 Å². The van der Waals surface area contributed by atoms with Gasteiger partial charge in [0.25, 0.3) is 8.48 Å². The van der Waals surface area contributed by atoms with Crippen molar-refractivity contribution in [3.63, 3.8) is 0 Å². The van der Waals surface area contributed by atoms with Crippen LogP contribution in [0.2, 0.25) is 11.1 Å². The molecule has 0 spiro atoms. The van der Waals surface area contributed by atoms with Crippen LogP contribution in [0.15, 0.2) is 0 Å². The number of nitrogens with one attached hydrogen (secondary N) is 1. The van der Waals surface area contributed by atoms with E-state index < -0.39 is 8.48 Å². The Morgan fingerprint density at radius 2 is 1.79 bits per heavy atom. The van der Waals surface area contributed by atoms with Gasteiger partial charge < -0.3 is 9.41 Å². The molecule has 1 saturated heterocycles. The van der Waals surface area contributed by atoms with E-state index in [1.165, 1.54) is 19.3 Å². The van der Waals surface area contributed by atoms with E-state index in [2.05, 4.69) is 32.7 Å². The fourth-order valence-corrected chi connectivity index (χ4v) is 7.48. The van der Waals surface area contributed by atoms with Crippen LogP contribution in [0.4, 0.5) is 0 Å². The molecule has 14 heavy (non-hydrogen) atoms. The third-order valence-electron chi connectivity index (χ3n) is 3.57. The summed E-state index contributed by atoms with van der Waals surface area (Å²) in [6.45, 7) is 11.0. The Kier molecular flexibility index (Phi) is 4.61. The van der Waals surface area contributed by atoms with Crippen LogP contribution in [0.1, 0.15) is 47.0 Å². The first-order valence-corrected chi connectivity index (χ1v) is 8.12. The predicted molar refractivity (Wildman–Crippen MR) is 63.8 cm³/mol. The minimum atomic E-state index is -1.64. The fourth-order valence-electron chi connectivity index (χ4n) is 2.84. The minimum Gasteiger partial charge on any atom is -0.403 e. The first kappa shape index (κ1) is 12.2. The predicted octanol–water partition coefficient (Wildman–Crippen LogP) is 3.04. The van der Waals surface area contributed by atoms with Gasteiger partial charge in [0, 0.05) is 6.61 Å². The molecular formula is C11H25NOSi. The van der Waals surface area contributed by atoms with E-state index in [-0.39, 0.29) is 0 Å². The molecule has 84 valence electrons. The van der Waals surface area contributed by atoms with Crippen molar-refractivity contribution in [2.45, 2.75) is 58.0 Å². The van der Waals surface area contributed by atoms with Crippen LogP contribution in [0.25, 0.3) is 0 Å². The molecule has 0 aromatic rings. The molecule has 3 heteroatoms. The molecule has 1 N–H and O–H groups in total. The molecule has 0 radical (unpaired) electrons. The van der Waals surface area contributed by atoms with Crippen molar-refractivity contribution in [1.29, 1.82) is 0 Å². The molecule has 0 bridgehead atoms. The van der Waals surface area contributed by atoms with E-state index >= 15 is 0 Å². The third-order valence-corrected chi connectivity index (χ3v) is 8.75. The molecule has 2 nitrogen and oxygen atoms in total. The van der Waals surface area contributed by atoms with Crippen LogP contribution in [0, 0.1) is 0 Å². The summed E-state index contributed by atoms with van der Waals surface area (Å²) < 4.78 is 6.16. The summed E-state index contributed by atoms with van der Waals surface area (Å²) in [5.41, 5.74) is 1.54. The monoisotopic (exact) mass is 215 g/mol. The lowest BCUT2D eigenvalue weighted by Gasteiger charge is -2.44. The van der Waals surface area contributed by atoms with Crippen molar-refractivity contribution in [3.8, 4) is 0 Å². The van der Waals surface area contributed by atoms with E-state index in [4.69, 9.17) is 4.43 Å². The molecule has 0 aromatic carbocycles. The van der Waals surface area contributed by atoms with Gasteiger partial charge >= 0.3 is 0 Å². The van der Waals surface area contributed by atoms with Gasteiger partial charge in [-0.1, -0.05) is 27.2 Å². The van der Waals surface area contributed by atoms with Gasteiger partial charge in [0.2, 0.25) is 0 Å². The van der Waals surface area contributed by atoms with Gasteiger partial charge in [0.15, 0.2) is 0 Å². The van der Waals surface area contributed by atoms with Gasteiger partial charge in [-0.2, -0.15) is 0 Å². The summed E-state index contributed by atoms with van der Waals surface area (Å²) in [6.07, 6.45) is 4.09.